The Balaban J connectivity index is 2.07. The molecular weight excluding hydrogens is 240 g/mol. The van der Waals surface area contributed by atoms with E-state index in [0.717, 1.165) is 19.3 Å². The lowest BCUT2D eigenvalue weighted by molar-refractivity contribution is 0.0899. The van der Waals surface area contributed by atoms with E-state index in [4.69, 9.17) is 5.73 Å². The van der Waals surface area contributed by atoms with Crippen LogP contribution in [-0.2, 0) is 0 Å². The van der Waals surface area contributed by atoms with Crippen molar-refractivity contribution in [2.45, 2.75) is 31.7 Å². The molecule has 1 atom stereocenters. The largest absolute Gasteiger partial charge is 0.366 e. The number of carbonyl (C=O) groups excluding carboxylic acids is 2. The van der Waals surface area contributed by atoms with Crippen molar-refractivity contribution in [3.8, 4) is 0 Å². The molecule has 1 aromatic rings. The molecule has 4 nitrogen and oxygen atoms in total. The fraction of sp³-hybridized carbons (Fsp3) is 0.333. The quantitative estimate of drug-likeness (QED) is 0.814. The molecule has 2 rings (SSSR count). The summed E-state index contributed by atoms with van der Waals surface area (Å²) in [6, 6.07) is 6.38. The van der Waals surface area contributed by atoms with Crippen molar-refractivity contribution in [3.63, 3.8) is 0 Å². The van der Waals surface area contributed by atoms with Crippen LogP contribution in [0.4, 0.5) is 0 Å². The zero-order valence-electron chi connectivity index (χ0n) is 11.0. The first-order valence-corrected chi connectivity index (χ1v) is 6.38. The molecule has 0 saturated carbocycles. The maximum absolute atomic E-state index is 12.1. The van der Waals surface area contributed by atoms with Crippen LogP contribution in [0.5, 0.6) is 0 Å². The summed E-state index contributed by atoms with van der Waals surface area (Å²) < 4.78 is 0. The van der Waals surface area contributed by atoms with E-state index in [0.29, 0.717) is 11.1 Å². The second-order valence-corrected chi connectivity index (χ2v) is 5.17. The summed E-state index contributed by atoms with van der Waals surface area (Å²) in [4.78, 5) is 23.1. The third-order valence-corrected chi connectivity index (χ3v) is 3.44. The Morgan fingerprint density at radius 1 is 1.16 bits per heavy atom. The number of nitrogens with two attached hydrogens (primary N) is 1. The minimum Gasteiger partial charge on any atom is -0.366 e. The Morgan fingerprint density at radius 2 is 1.79 bits per heavy atom. The third kappa shape index (κ3) is 3.22. The monoisotopic (exact) mass is 258 g/mol. The number of benzene rings is 1. The Kier molecular flexibility index (Phi) is 3.69. The van der Waals surface area contributed by atoms with E-state index in [2.05, 4.69) is 17.5 Å². The predicted molar refractivity (Wildman–Crippen MR) is 73.8 cm³/mol. The van der Waals surface area contributed by atoms with Gasteiger partial charge >= 0.3 is 0 Å². The first kappa shape index (κ1) is 13.3. The fourth-order valence-corrected chi connectivity index (χ4v) is 2.21. The Bertz CT molecular complexity index is 519. The van der Waals surface area contributed by atoms with Crippen molar-refractivity contribution in [2.75, 3.05) is 0 Å². The van der Waals surface area contributed by atoms with Crippen molar-refractivity contribution in [1.82, 2.24) is 5.32 Å². The Hall–Kier alpha value is -2.10. The number of amides is 2. The van der Waals surface area contributed by atoms with Crippen LogP contribution in [0.3, 0.4) is 0 Å². The topological polar surface area (TPSA) is 72.2 Å². The van der Waals surface area contributed by atoms with E-state index in [9.17, 15) is 9.59 Å². The van der Waals surface area contributed by atoms with Gasteiger partial charge in [-0.15, -0.1) is 0 Å². The van der Waals surface area contributed by atoms with Crippen molar-refractivity contribution in [3.05, 3.63) is 47.5 Å². The van der Waals surface area contributed by atoms with Gasteiger partial charge in [0.2, 0.25) is 5.91 Å². The molecule has 2 amide bonds. The van der Waals surface area contributed by atoms with Gasteiger partial charge in [0.15, 0.2) is 0 Å². The van der Waals surface area contributed by atoms with Gasteiger partial charge in [-0.2, -0.15) is 0 Å². The van der Waals surface area contributed by atoms with Crippen molar-refractivity contribution in [2.24, 2.45) is 5.73 Å². The highest BCUT2D eigenvalue weighted by molar-refractivity contribution is 5.97. The number of nitrogens with one attached hydrogen (secondary N) is 1. The lowest BCUT2D eigenvalue weighted by atomic mass is 9.87. The van der Waals surface area contributed by atoms with E-state index in [1.807, 2.05) is 6.92 Å². The molecule has 1 aromatic carbocycles. The molecule has 4 heteroatoms. The van der Waals surface area contributed by atoms with Gasteiger partial charge in [0.05, 0.1) is 0 Å². The van der Waals surface area contributed by atoms with Crippen LogP contribution in [0.15, 0.2) is 36.4 Å². The minimum absolute atomic E-state index is 0.117. The van der Waals surface area contributed by atoms with E-state index in [-0.39, 0.29) is 11.4 Å². The molecule has 19 heavy (non-hydrogen) atoms. The zero-order valence-corrected chi connectivity index (χ0v) is 11.0. The summed E-state index contributed by atoms with van der Waals surface area (Å²) in [6.07, 6.45) is 7.00. The number of carbonyl (C=O) groups is 2. The highest BCUT2D eigenvalue weighted by atomic mass is 16.2. The van der Waals surface area contributed by atoms with E-state index in [1.165, 1.54) is 0 Å². The summed E-state index contributed by atoms with van der Waals surface area (Å²) >= 11 is 0. The van der Waals surface area contributed by atoms with Crippen LogP contribution in [0.2, 0.25) is 0 Å². The van der Waals surface area contributed by atoms with Gasteiger partial charge < -0.3 is 11.1 Å². The van der Waals surface area contributed by atoms with Crippen LogP contribution < -0.4 is 11.1 Å². The molecule has 0 aliphatic heterocycles. The molecule has 1 aliphatic rings. The van der Waals surface area contributed by atoms with Crippen molar-refractivity contribution >= 4 is 11.8 Å². The molecule has 0 radical (unpaired) electrons. The Morgan fingerprint density at radius 3 is 2.32 bits per heavy atom. The molecule has 0 spiro atoms. The molecule has 3 N–H and O–H groups in total. The van der Waals surface area contributed by atoms with Crippen LogP contribution in [-0.4, -0.2) is 17.4 Å². The van der Waals surface area contributed by atoms with E-state index in [1.54, 1.807) is 24.3 Å². The predicted octanol–water partition coefficient (Wildman–Crippen LogP) is 2.01. The maximum atomic E-state index is 12.1. The van der Waals surface area contributed by atoms with Crippen LogP contribution >= 0.6 is 0 Å². The number of hydrogen-bond acceptors (Lipinski definition) is 2. The van der Waals surface area contributed by atoms with Gasteiger partial charge in [0.1, 0.15) is 0 Å². The highest BCUT2D eigenvalue weighted by Gasteiger charge is 2.26. The molecule has 0 fully saturated rings. The van der Waals surface area contributed by atoms with Gasteiger partial charge in [-0.3, -0.25) is 9.59 Å². The average molecular weight is 258 g/mol. The number of primary amides is 1. The smallest absolute Gasteiger partial charge is 0.251 e. The molecule has 0 heterocycles. The van der Waals surface area contributed by atoms with Gasteiger partial charge in [-0.25, -0.2) is 0 Å². The minimum atomic E-state index is -0.490. The Labute approximate surface area is 112 Å². The lowest BCUT2D eigenvalue weighted by Crippen LogP contribution is -2.46. The van der Waals surface area contributed by atoms with Crippen LogP contribution in [0.1, 0.15) is 46.9 Å². The zero-order chi connectivity index (χ0) is 13.9. The molecule has 1 unspecified atom stereocenters. The molecule has 100 valence electrons. The summed E-state index contributed by atoms with van der Waals surface area (Å²) in [5, 5.41) is 3.05. The maximum Gasteiger partial charge on any atom is 0.251 e. The van der Waals surface area contributed by atoms with Crippen molar-refractivity contribution in [1.29, 1.82) is 0 Å². The van der Waals surface area contributed by atoms with E-state index >= 15 is 0 Å². The summed E-state index contributed by atoms with van der Waals surface area (Å²) in [6.45, 7) is 2.05. The molecule has 0 saturated heterocycles. The fourth-order valence-electron chi connectivity index (χ4n) is 2.21. The second-order valence-electron chi connectivity index (χ2n) is 5.17. The lowest BCUT2D eigenvalue weighted by Gasteiger charge is -2.32. The first-order valence-electron chi connectivity index (χ1n) is 6.38. The summed E-state index contributed by atoms with van der Waals surface area (Å²) in [5.41, 5.74) is 5.93. The van der Waals surface area contributed by atoms with Crippen molar-refractivity contribution < 1.29 is 9.59 Å². The van der Waals surface area contributed by atoms with Gasteiger partial charge in [-0.1, -0.05) is 12.2 Å². The number of allylic oxidation sites excluding steroid dienone is 1. The molecular formula is C15H18N2O2. The van der Waals surface area contributed by atoms with E-state index < -0.39 is 5.91 Å². The molecule has 0 aromatic heterocycles. The molecule has 0 bridgehead atoms. The van der Waals surface area contributed by atoms with Crippen LogP contribution in [0, 0.1) is 0 Å². The summed E-state index contributed by atoms with van der Waals surface area (Å²) in [5.74, 6) is -0.606. The average Bonchev–Trinajstić information content (AvgIpc) is 2.39. The van der Waals surface area contributed by atoms with Gasteiger partial charge in [-0.05, 0) is 50.5 Å². The third-order valence-electron chi connectivity index (χ3n) is 3.44. The highest BCUT2D eigenvalue weighted by Crippen LogP contribution is 2.23. The van der Waals surface area contributed by atoms with Crippen LogP contribution in [0.25, 0.3) is 0 Å². The summed E-state index contributed by atoms with van der Waals surface area (Å²) in [7, 11) is 0. The number of rotatable bonds is 3. The second kappa shape index (κ2) is 5.26. The van der Waals surface area contributed by atoms with Gasteiger partial charge in [0, 0.05) is 16.7 Å². The first-order chi connectivity index (χ1) is 9.00. The molecule has 1 aliphatic carbocycles. The SMILES string of the molecule is CC1(NC(=O)c2ccc(C(N)=O)cc2)CC=CCC1. The normalized spacial score (nSPS) is 21.9. The van der Waals surface area contributed by atoms with Gasteiger partial charge in [0.25, 0.3) is 5.91 Å². The standard InChI is InChI=1S/C15H18N2O2/c1-15(9-3-2-4-10-15)17-14(19)12-7-5-11(6-8-12)13(16)18/h2-3,5-8H,4,9-10H2,1H3,(H2,16,18)(H,17,19). The number of hydrogen-bond donors (Lipinski definition) is 2.